The van der Waals surface area contributed by atoms with Crippen LogP contribution in [0.2, 0.25) is 0 Å². The van der Waals surface area contributed by atoms with Crippen LogP contribution in [0.4, 0.5) is 0 Å². The summed E-state index contributed by atoms with van der Waals surface area (Å²) in [5.41, 5.74) is 0. The molecular weight excluding hydrogens is 230 g/mol. The quantitative estimate of drug-likeness (QED) is 0.722. The Bertz CT molecular complexity index is 293. The van der Waals surface area contributed by atoms with Crippen LogP contribution >= 0.6 is 0 Å². The zero-order chi connectivity index (χ0) is 12.4. The summed E-state index contributed by atoms with van der Waals surface area (Å²) in [5.74, 6) is 0.441. The van der Waals surface area contributed by atoms with Crippen LogP contribution in [0.3, 0.4) is 0 Å². The molecule has 0 spiro atoms. The Morgan fingerprint density at radius 2 is 1.94 bits per heavy atom. The summed E-state index contributed by atoms with van der Waals surface area (Å²) in [5, 5.41) is 3.31. The lowest BCUT2D eigenvalue weighted by molar-refractivity contribution is -0.142. The van der Waals surface area contributed by atoms with Crippen LogP contribution in [0.1, 0.15) is 12.8 Å². The lowest BCUT2D eigenvalue weighted by Crippen LogP contribution is -2.62. The number of nitrogens with zero attached hydrogens (tertiary/aromatic N) is 2. The topological polar surface area (TPSA) is 44.8 Å². The van der Waals surface area contributed by atoms with E-state index in [-0.39, 0.29) is 5.92 Å². The van der Waals surface area contributed by atoms with Gasteiger partial charge in [0, 0.05) is 51.9 Å². The highest BCUT2D eigenvalue weighted by molar-refractivity contribution is 5.79. The van der Waals surface area contributed by atoms with E-state index in [1.165, 1.54) is 0 Å². The van der Waals surface area contributed by atoms with E-state index in [1.807, 2.05) is 4.90 Å². The van der Waals surface area contributed by atoms with Crippen LogP contribution in [0.5, 0.6) is 0 Å². The number of piperazine rings is 1. The summed E-state index contributed by atoms with van der Waals surface area (Å²) in [6.07, 6.45) is 2.04. The largest absolute Gasteiger partial charge is 0.381 e. The van der Waals surface area contributed by atoms with E-state index in [2.05, 4.69) is 10.2 Å². The normalized spacial score (nSPS) is 31.1. The molecule has 0 aromatic rings. The number of hydrogen-bond donors (Lipinski definition) is 1. The number of rotatable bonds is 2. The fraction of sp³-hybridized carbons (Fsp3) is 0.923. The average molecular weight is 253 g/mol. The number of hydrogen-bond acceptors (Lipinski definition) is 4. The molecule has 0 aliphatic carbocycles. The van der Waals surface area contributed by atoms with Crippen LogP contribution in [-0.4, -0.2) is 74.2 Å². The molecule has 0 aromatic carbocycles. The van der Waals surface area contributed by atoms with E-state index in [9.17, 15) is 4.79 Å². The van der Waals surface area contributed by atoms with Crippen molar-refractivity contribution in [2.45, 2.75) is 18.9 Å². The Kier molecular flexibility index (Phi) is 3.82. The SMILES string of the molecule is O=C(C1CCCOC1)N1CCN(C2CNC2)CC1. The molecule has 5 heteroatoms. The monoisotopic (exact) mass is 253 g/mol. The second-order valence-electron chi connectivity index (χ2n) is 5.59. The van der Waals surface area contributed by atoms with Crippen LogP contribution in [0.25, 0.3) is 0 Å². The van der Waals surface area contributed by atoms with Crippen molar-refractivity contribution in [3.05, 3.63) is 0 Å². The van der Waals surface area contributed by atoms with Gasteiger partial charge in [0.2, 0.25) is 5.91 Å². The fourth-order valence-corrected chi connectivity index (χ4v) is 3.03. The number of carbonyl (C=O) groups is 1. The van der Waals surface area contributed by atoms with Gasteiger partial charge in [-0.25, -0.2) is 0 Å². The highest BCUT2D eigenvalue weighted by Crippen LogP contribution is 2.18. The van der Waals surface area contributed by atoms with Gasteiger partial charge in [-0.05, 0) is 12.8 Å². The summed E-state index contributed by atoms with van der Waals surface area (Å²) in [6.45, 7) is 7.54. The first kappa shape index (κ1) is 12.4. The van der Waals surface area contributed by atoms with Crippen molar-refractivity contribution in [1.82, 2.24) is 15.1 Å². The highest BCUT2D eigenvalue weighted by Gasteiger charge is 2.32. The molecule has 0 aromatic heterocycles. The zero-order valence-electron chi connectivity index (χ0n) is 10.9. The van der Waals surface area contributed by atoms with Gasteiger partial charge in [0.05, 0.1) is 12.5 Å². The summed E-state index contributed by atoms with van der Waals surface area (Å²) in [4.78, 5) is 16.9. The van der Waals surface area contributed by atoms with Gasteiger partial charge in [-0.3, -0.25) is 9.69 Å². The second kappa shape index (κ2) is 5.55. The second-order valence-corrected chi connectivity index (χ2v) is 5.59. The number of amides is 1. The fourth-order valence-electron chi connectivity index (χ4n) is 3.03. The van der Waals surface area contributed by atoms with Gasteiger partial charge in [-0.15, -0.1) is 0 Å². The van der Waals surface area contributed by atoms with E-state index < -0.39 is 0 Å². The van der Waals surface area contributed by atoms with Crippen molar-refractivity contribution < 1.29 is 9.53 Å². The Morgan fingerprint density at radius 1 is 1.17 bits per heavy atom. The summed E-state index contributed by atoms with van der Waals surface area (Å²) >= 11 is 0. The average Bonchev–Trinajstić information content (AvgIpc) is 2.38. The molecule has 0 saturated carbocycles. The first-order valence-electron chi connectivity index (χ1n) is 7.16. The van der Waals surface area contributed by atoms with Crippen molar-refractivity contribution in [2.75, 3.05) is 52.5 Å². The maximum Gasteiger partial charge on any atom is 0.228 e. The van der Waals surface area contributed by atoms with E-state index in [0.29, 0.717) is 18.6 Å². The maximum atomic E-state index is 12.3. The molecule has 3 aliphatic heterocycles. The first-order valence-corrected chi connectivity index (χ1v) is 7.16. The number of carbonyl (C=O) groups excluding carboxylic acids is 1. The molecule has 1 atom stereocenters. The van der Waals surface area contributed by atoms with Gasteiger partial charge < -0.3 is 15.0 Å². The Balaban J connectivity index is 1.47. The summed E-state index contributed by atoms with van der Waals surface area (Å²) < 4.78 is 5.41. The van der Waals surface area contributed by atoms with Gasteiger partial charge in [0.15, 0.2) is 0 Å². The Hall–Kier alpha value is -0.650. The smallest absolute Gasteiger partial charge is 0.228 e. The molecule has 18 heavy (non-hydrogen) atoms. The molecule has 3 rings (SSSR count). The Labute approximate surface area is 108 Å². The van der Waals surface area contributed by atoms with Gasteiger partial charge in [0.25, 0.3) is 0 Å². The molecule has 3 fully saturated rings. The zero-order valence-corrected chi connectivity index (χ0v) is 10.9. The predicted molar refractivity (Wildman–Crippen MR) is 68.4 cm³/mol. The van der Waals surface area contributed by atoms with E-state index in [0.717, 1.165) is 58.7 Å². The third-order valence-corrected chi connectivity index (χ3v) is 4.41. The van der Waals surface area contributed by atoms with Gasteiger partial charge in [0.1, 0.15) is 0 Å². The summed E-state index contributed by atoms with van der Waals surface area (Å²) in [7, 11) is 0. The molecule has 1 unspecified atom stereocenters. The third-order valence-electron chi connectivity index (χ3n) is 4.41. The molecule has 0 radical (unpaired) electrons. The lowest BCUT2D eigenvalue weighted by atomic mass is 10.00. The minimum absolute atomic E-state index is 0.121. The van der Waals surface area contributed by atoms with Crippen molar-refractivity contribution in [3.63, 3.8) is 0 Å². The van der Waals surface area contributed by atoms with E-state index in [4.69, 9.17) is 4.74 Å². The molecular formula is C13H23N3O2. The van der Waals surface area contributed by atoms with Crippen LogP contribution < -0.4 is 5.32 Å². The molecule has 3 aliphatic rings. The Morgan fingerprint density at radius 3 is 2.50 bits per heavy atom. The number of ether oxygens (including phenoxy) is 1. The minimum Gasteiger partial charge on any atom is -0.381 e. The maximum absolute atomic E-state index is 12.3. The van der Waals surface area contributed by atoms with Gasteiger partial charge in [-0.2, -0.15) is 0 Å². The van der Waals surface area contributed by atoms with Crippen LogP contribution in [0, 0.1) is 5.92 Å². The standard InChI is InChI=1S/C13H23N3O2/c17-13(11-2-1-7-18-10-11)16-5-3-15(4-6-16)12-8-14-9-12/h11-12,14H,1-10H2. The van der Waals surface area contributed by atoms with E-state index >= 15 is 0 Å². The van der Waals surface area contributed by atoms with Gasteiger partial charge >= 0.3 is 0 Å². The van der Waals surface area contributed by atoms with Crippen LogP contribution in [-0.2, 0) is 9.53 Å². The highest BCUT2D eigenvalue weighted by atomic mass is 16.5. The van der Waals surface area contributed by atoms with Gasteiger partial charge in [-0.1, -0.05) is 0 Å². The summed E-state index contributed by atoms with van der Waals surface area (Å²) in [6, 6.07) is 0.709. The molecule has 0 bridgehead atoms. The third kappa shape index (κ3) is 2.53. The molecule has 1 amide bonds. The van der Waals surface area contributed by atoms with Crippen molar-refractivity contribution >= 4 is 5.91 Å². The molecule has 102 valence electrons. The first-order chi connectivity index (χ1) is 8.84. The van der Waals surface area contributed by atoms with Crippen LogP contribution in [0.15, 0.2) is 0 Å². The number of nitrogens with one attached hydrogen (secondary N) is 1. The molecule has 1 N–H and O–H groups in total. The van der Waals surface area contributed by atoms with Crippen molar-refractivity contribution in [3.8, 4) is 0 Å². The minimum atomic E-state index is 0.121. The van der Waals surface area contributed by atoms with Crippen molar-refractivity contribution in [1.29, 1.82) is 0 Å². The predicted octanol–water partition coefficient (Wildman–Crippen LogP) is -0.471. The molecule has 3 saturated heterocycles. The van der Waals surface area contributed by atoms with Crippen molar-refractivity contribution in [2.24, 2.45) is 5.92 Å². The van der Waals surface area contributed by atoms with E-state index in [1.54, 1.807) is 0 Å². The molecule has 3 heterocycles. The molecule has 5 nitrogen and oxygen atoms in total. The lowest BCUT2D eigenvalue weighted by Gasteiger charge is -2.44.